The summed E-state index contributed by atoms with van der Waals surface area (Å²) >= 11 is 0. The molecule has 142 valence electrons. The summed E-state index contributed by atoms with van der Waals surface area (Å²) in [6.07, 6.45) is 0. The van der Waals surface area contributed by atoms with Crippen molar-refractivity contribution in [3.63, 3.8) is 0 Å². The van der Waals surface area contributed by atoms with Crippen LogP contribution in [0.3, 0.4) is 0 Å². The molecule has 1 fully saturated rings. The Balaban J connectivity index is 0.00000312. The summed E-state index contributed by atoms with van der Waals surface area (Å²) in [5.74, 6) is 1.83. The lowest BCUT2D eigenvalue weighted by atomic mass is 10.0. The van der Waals surface area contributed by atoms with Crippen LogP contribution in [0.5, 0.6) is 5.75 Å². The minimum atomic E-state index is 0. The van der Waals surface area contributed by atoms with Crippen molar-refractivity contribution in [2.75, 3.05) is 52.2 Å². The maximum atomic E-state index is 6.06. The highest BCUT2D eigenvalue weighted by Crippen LogP contribution is 2.16. The zero-order chi connectivity index (χ0) is 17.5. The number of likely N-dealkylation sites (N-methyl/N-ethyl adjacent to an activating group) is 1. The topological polar surface area (TPSA) is 66.1 Å². The quantitative estimate of drug-likeness (QED) is 0.387. The number of hydrogen-bond acceptors (Lipinski definition) is 4. The second-order valence-electron chi connectivity index (χ2n) is 6.73. The average molecular weight is 461 g/mol. The maximum absolute atomic E-state index is 6.06. The maximum Gasteiger partial charge on any atom is 0.193 e. The summed E-state index contributed by atoms with van der Waals surface area (Å²) in [5.41, 5.74) is 6.97. The van der Waals surface area contributed by atoms with Crippen molar-refractivity contribution < 1.29 is 4.74 Å². The molecule has 7 heteroatoms. The van der Waals surface area contributed by atoms with E-state index >= 15 is 0 Å². The van der Waals surface area contributed by atoms with Crippen molar-refractivity contribution in [1.29, 1.82) is 0 Å². The SMILES string of the molecule is COc1ccc(NC(N)=NCC(C(C)C)N2CCN(C)CC2)cc1.I. The summed E-state index contributed by atoms with van der Waals surface area (Å²) < 4.78 is 5.16. The molecule has 1 aliphatic rings. The Kier molecular flexibility index (Phi) is 9.52. The zero-order valence-corrected chi connectivity index (χ0v) is 18.1. The Morgan fingerprint density at radius 2 is 1.80 bits per heavy atom. The number of nitrogens with zero attached hydrogens (tertiary/aromatic N) is 3. The largest absolute Gasteiger partial charge is 0.497 e. The van der Waals surface area contributed by atoms with E-state index < -0.39 is 0 Å². The number of rotatable bonds is 6. The van der Waals surface area contributed by atoms with E-state index in [1.807, 2.05) is 24.3 Å². The van der Waals surface area contributed by atoms with Gasteiger partial charge >= 0.3 is 0 Å². The molecule has 1 aromatic carbocycles. The first kappa shape index (κ1) is 22.0. The number of halogens is 1. The van der Waals surface area contributed by atoms with Crippen LogP contribution < -0.4 is 15.8 Å². The third-order valence-electron chi connectivity index (χ3n) is 4.59. The summed E-state index contributed by atoms with van der Waals surface area (Å²) in [7, 11) is 3.83. The lowest BCUT2D eigenvalue weighted by Gasteiger charge is -2.39. The molecule has 0 aliphatic carbocycles. The molecule has 2 rings (SSSR count). The summed E-state index contributed by atoms with van der Waals surface area (Å²) in [6.45, 7) is 9.66. The van der Waals surface area contributed by atoms with Crippen molar-refractivity contribution in [1.82, 2.24) is 9.80 Å². The summed E-state index contributed by atoms with van der Waals surface area (Å²) in [6, 6.07) is 8.09. The van der Waals surface area contributed by atoms with E-state index in [-0.39, 0.29) is 24.0 Å². The van der Waals surface area contributed by atoms with E-state index in [4.69, 9.17) is 10.5 Å². The van der Waals surface area contributed by atoms with Crippen molar-refractivity contribution in [2.45, 2.75) is 19.9 Å². The third kappa shape index (κ3) is 6.99. The molecule has 1 saturated heterocycles. The van der Waals surface area contributed by atoms with E-state index in [0.717, 1.165) is 44.2 Å². The first-order valence-electron chi connectivity index (χ1n) is 8.63. The van der Waals surface area contributed by atoms with E-state index in [1.165, 1.54) is 0 Å². The van der Waals surface area contributed by atoms with Gasteiger partial charge < -0.3 is 20.7 Å². The number of benzene rings is 1. The van der Waals surface area contributed by atoms with Gasteiger partial charge in [0.15, 0.2) is 5.96 Å². The molecule has 1 atom stereocenters. The molecular formula is C18H32IN5O. The van der Waals surface area contributed by atoms with E-state index in [0.29, 0.717) is 17.9 Å². The van der Waals surface area contributed by atoms with Gasteiger partial charge in [0.2, 0.25) is 0 Å². The van der Waals surface area contributed by atoms with Gasteiger partial charge in [-0.1, -0.05) is 13.8 Å². The fraction of sp³-hybridized carbons (Fsp3) is 0.611. The first-order chi connectivity index (χ1) is 11.5. The third-order valence-corrected chi connectivity index (χ3v) is 4.59. The zero-order valence-electron chi connectivity index (χ0n) is 15.7. The summed E-state index contributed by atoms with van der Waals surface area (Å²) in [5, 5.41) is 3.14. The highest BCUT2D eigenvalue weighted by molar-refractivity contribution is 14.0. The number of nitrogens with one attached hydrogen (secondary N) is 1. The predicted molar refractivity (Wildman–Crippen MR) is 116 cm³/mol. The molecule has 1 aromatic rings. The van der Waals surface area contributed by atoms with Crippen molar-refractivity contribution in [2.24, 2.45) is 16.6 Å². The number of guanidine groups is 1. The number of anilines is 1. The van der Waals surface area contributed by atoms with E-state index in [1.54, 1.807) is 7.11 Å². The van der Waals surface area contributed by atoms with Crippen LogP contribution in [0.15, 0.2) is 29.3 Å². The molecule has 0 radical (unpaired) electrons. The Morgan fingerprint density at radius 3 is 2.32 bits per heavy atom. The molecule has 1 heterocycles. The fourth-order valence-electron chi connectivity index (χ4n) is 2.96. The van der Waals surface area contributed by atoms with Crippen LogP contribution >= 0.6 is 24.0 Å². The van der Waals surface area contributed by atoms with Crippen LogP contribution in [0.2, 0.25) is 0 Å². The van der Waals surface area contributed by atoms with E-state index in [9.17, 15) is 0 Å². The molecule has 25 heavy (non-hydrogen) atoms. The van der Waals surface area contributed by atoms with Crippen LogP contribution in [0, 0.1) is 5.92 Å². The van der Waals surface area contributed by atoms with Crippen molar-refractivity contribution in [3.8, 4) is 5.75 Å². The minimum Gasteiger partial charge on any atom is -0.497 e. The van der Waals surface area contributed by atoms with Gasteiger partial charge in [-0.2, -0.15) is 0 Å². The van der Waals surface area contributed by atoms with Crippen molar-refractivity contribution >= 4 is 35.6 Å². The first-order valence-corrected chi connectivity index (χ1v) is 8.63. The molecule has 1 aliphatic heterocycles. The fourth-order valence-corrected chi connectivity index (χ4v) is 2.96. The van der Waals surface area contributed by atoms with Crippen LogP contribution in [-0.2, 0) is 0 Å². The predicted octanol–water partition coefficient (Wildman–Crippen LogP) is 2.31. The standard InChI is InChI=1S/C18H31N5O.HI/c1-14(2)17(23-11-9-22(3)10-12-23)13-20-18(19)21-15-5-7-16(24-4)8-6-15;/h5-8,14,17H,9-13H2,1-4H3,(H3,19,20,21);1H. The second-order valence-corrected chi connectivity index (χ2v) is 6.73. The lowest BCUT2D eigenvalue weighted by molar-refractivity contribution is 0.0926. The molecule has 0 aromatic heterocycles. The number of aliphatic imine (C=N–C) groups is 1. The van der Waals surface area contributed by atoms with Gasteiger partial charge in [-0.3, -0.25) is 9.89 Å². The minimum absolute atomic E-state index is 0. The van der Waals surface area contributed by atoms with Crippen molar-refractivity contribution in [3.05, 3.63) is 24.3 Å². The number of hydrogen-bond donors (Lipinski definition) is 2. The Labute approximate surface area is 168 Å². The van der Waals surface area contributed by atoms with E-state index in [2.05, 4.69) is 41.0 Å². The average Bonchev–Trinajstić information content (AvgIpc) is 2.57. The molecule has 0 amide bonds. The van der Waals surface area contributed by atoms with Crippen LogP contribution in [-0.4, -0.2) is 68.7 Å². The number of ether oxygens (including phenoxy) is 1. The van der Waals surface area contributed by atoms with Gasteiger partial charge in [0.05, 0.1) is 13.7 Å². The Morgan fingerprint density at radius 1 is 1.20 bits per heavy atom. The van der Waals surface area contributed by atoms with Gasteiger partial charge in [-0.15, -0.1) is 24.0 Å². The number of nitrogens with two attached hydrogens (primary N) is 1. The van der Waals surface area contributed by atoms with Crippen LogP contribution in [0.1, 0.15) is 13.8 Å². The highest BCUT2D eigenvalue weighted by Gasteiger charge is 2.24. The molecule has 3 N–H and O–H groups in total. The molecular weight excluding hydrogens is 429 g/mol. The van der Waals surface area contributed by atoms with Crippen LogP contribution in [0.4, 0.5) is 5.69 Å². The van der Waals surface area contributed by atoms with Gasteiger partial charge in [0, 0.05) is 37.9 Å². The lowest BCUT2D eigenvalue weighted by Crippen LogP contribution is -2.51. The van der Waals surface area contributed by atoms with Crippen LogP contribution in [0.25, 0.3) is 0 Å². The second kappa shape index (κ2) is 10.8. The van der Waals surface area contributed by atoms with Gasteiger partial charge in [-0.25, -0.2) is 0 Å². The van der Waals surface area contributed by atoms with Gasteiger partial charge in [0.1, 0.15) is 5.75 Å². The van der Waals surface area contributed by atoms with Gasteiger partial charge in [-0.05, 0) is 37.2 Å². The monoisotopic (exact) mass is 461 g/mol. The normalized spacial score (nSPS) is 17.9. The highest BCUT2D eigenvalue weighted by atomic mass is 127. The summed E-state index contributed by atoms with van der Waals surface area (Å²) in [4.78, 5) is 9.48. The molecule has 0 saturated carbocycles. The van der Waals surface area contributed by atoms with Gasteiger partial charge in [0.25, 0.3) is 0 Å². The number of methoxy groups -OCH3 is 1. The molecule has 0 bridgehead atoms. The smallest absolute Gasteiger partial charge is 0.193 e. The molecule has 1 unspecified atom stereocenters. The number of piperazine rings is 1. The molecule has 6 nitrogen and oxygen atoms in total. The Bertz CT molecular complexity index is 527. The Hall–Kier alpha value is -1.06. The molecule has 0 spiro atoms.